The van der Waals surface area contributed by atoms with Gasteiger partial charge >= 0.3 is 0 Å². The highest BCUT2D eigenvalue weighted by Crippen LogP contribution is 1.99. The molecule has 0 aromatic heterocycles. The SMILES string of the molecule is CC#C/C=N\OCCN(CCCO)C(C)C. The summed E-state index contributed by atoms with van der Waals surface area (Å²) in [6.45, 7) is 8.48. The molecule has 0 atom stereocenters. The Morgan fingerprint density at radius 3 is 2.75 bits per heavy atom. The van der Waals surface area contributed by atoms with Crippen molar-refractivity contribution >= 4 is 6.21 Å². The highest BCUT2D eigenvalue weighted by Gasteiger charge is 2.08. The molecule has 0 fully saturated rings. The van der Waals surface area contributed by atoms with E-state index in [1.54, 1.807) is 6.92 Å². The number of hydrogen-bond acceptors (Lipinski definition) is 4. The van der Waals surface area contributed by atoms with Crippen molar-refractivity contribution in [3.8, 4) is 11.8 Å². The summed E-state index contributed by atoms with van der Waals surface area (Å²) < 4.78 is 0. The highest BCUT2D eigenvalue weighted by atomic mass is 16.6. The first kappa shape index (κ1) is 14.9. The van der Waals surface area contributed by atoms with Gasteiger partial charge in [0.2, 0.25) is 0 Å². The van der Waals surface area contributed by atoms with Crippen molar-refractivity contribution in [2.75, 3.05) is 26.3 Å². The molecule has 0 aliphatic rings. The molecule has 92 valence electrons. The fraction of sp³-hybridized carbons (Fsp3) is 0.750. The van der Waals surface area contributed by atoms with Gasteiger partial charge in [-0.15, -0.1) is 5.92 Å². The molecule has 0 aliphatic heterocycles. The largest absolute Gasteiger partial charge is 0.396 e. The molecule has 0 heterocycles. The minimum Gasteiger partial charge on any atom is -0.396 e. The molecule has 0 spiro atoms. The molecular formula is C12H22N2O2. The first-order valence-corrected chi connectivity index (χ1v) is 5.63. The zero-order valence-electron chi connectivity index (χ0n) is 10.4. The molecule has 0 amide bonds. The Hall–Kier alpha value is -1.05. The van der Waals surface area contributed by atoms with Crippen LogP contribution in [0.4, 0.5) is 0 Å². The minimum atomic E-state index is 0.230. The molecule has 0 saturated heterocycles. The fourth-order valence-corrected chi connectivity index (χ4v) is 1.24. The van der Waals surface area contributed by atoms with Gasteiger partial charge in [0.25, 0.3) is 0 Å². The molecule has 16 heavy (non-hydrogen) atoms. The molecule has 4 nitrogen and oxygen atoms in total. The number of hydrogen-bond donors (Lipinski definition) is 1. The van der Waals surface area contributed by atoms with Gasteiger partial charge in [-0.1, -0.05) is 11.1 Å². The summed E-state index contributed by atoms with van der Waals surface area (Å²) in [7, 11) is 0. The van der Waals surface area contributed by atoms with E-state index in [4.69, 9.17) is 9.94 Å². The van der Waals surface area contributed by atoms with E-state index in [0.29, 0.717) is 12.6 Å². The van der Waals surface area contributed by atoms with E-state index >= 15 is 0 Å². The maximum Gasteiger partial charge on any atom is 0.129 e. The summed E-state index contributed by atoms with van der Waals surface area (Å²) >= 11 is 0. The third kappa shape index (κ3) is 8.27. The molecule has 0 bridgehead atoms. The Morgan fingerprint density at radius 1 is 1.44 bits per heavy atom. The van der Waals surface area contributed by atoms with E-state index in [2.05, 4.69) is 35.7 Å². The van der Waals surface area contributed by atoms with E-state index in [9.17, 15) is 0 Å². The lowest BCUT2D eigenvalue weighted by molar-refractivity contribution is 0.0953. The zero-order chi connectivity index (χ0) is 12.2. The van der Waals surface area contributed by atoms with Crippen molar-refractivity contribution in [1.82, 2.24) is 4.90 Å². The summed E-state index contributed by atoms with van der Waals surface area (Å²) in [4.78, 5) is 7.31. The average molecular weight is 226 g/mol. The van der Waals surface area contributed by atoms with Gasteiger partial charge in [0.15, 0.2) is 0 Å². The zero-order valence-corrected chi connectivity index (χ0v) is 10.4. The summed E-state index contributed by atoms with van der Waals surface area (Å²) in [6, 6.07) is 0.453. The quantitative estimate of drug-likeness (QED) is 0.292. The van der Waals surface area contributed by atoms with Gasteiger partial charge in [-0.3, -0.25) is 4.90 Å². The van der Waals surface area contributed by atoms with Crippen molar-refractivity contribution in [2.24, 2.45) is 5.16 Å². The van der Waals surface area contributed by atoms with E-state index in [-0.39, 0.29) is 6.61 Å². The molecule has 0 rings (SSSR count). The summed E-state index contributed by atoms with van der Waals surface area (Å²) in [6.07, 6.45) is 2.25. The predicted molar refractivity (Wildman–Crippen MR) is 66.3 cm³/mol. The van der Waals surface area contributed by atoms with Gasteiger partial charge in [-0.25, -0.2) is 0 Å². The van der Waals surface area contributed by atoms with E-state index < -0.39 is 0 Å². The van der Waals surface area contributed by atoms with Crippen molar-refractivity contribution < 1.29 is 9.94 Å². The third-order valence-electron chi connectivity index (χ3n) is 2.14. The van der Waals surface area contributed by atoms with Crippen LogP contribution in [-0.4, -0.2) is 48.6 Å². The lowest BCUT2D eigenvalue weighted by Crippen LogP contribution is -2.34. The van der Waals surface area contributed by atoms with Crippen LogP contribution in [-0.2, 0) is 4.84 Å². The Labute approximate surface area is 98.3 Å². The summed E-state index contributed by atoms with van der Waals surface area (Å²) in [5, 5.41) is 12.5. The summed E-state index contributed by atoms with van der Waals surface area (Å²) in [5.41, 5.74) is 0. The third-order valence-corrected chi connectivity index (χ3v) is 2.14. The smallest absolute Gasteiger partial charge is 0.129 e. The van der Waals surface area contributed by atoms with Gasteiger partial charge < -0.3 is 9.94 Å². The second kappa shape index (κ2) is 10.5. The molecule has 0 aromatic rings. The molecule has 1 N–H and O–H groups in total. The van der Waals surface area contributed by atoms with Gasteiger partial charge in [0.1, 0.15) is 12.8 Å². The van der Waals surface area contributed by atoms with Crippen molar-refractivity contribution in [3.63, 3.8) is 0 Å². The van der Waals surface area contributed by atoms with Crippen LogP contribution in [0.3, 0.4) is 0 Å². The molecule has 0 aliphatic carbocycles. The van der Waals surface area contributed by atoms with Crippen LogP contribution in [0, 0.1) is 11.8 Å². The fourth-order valence-electron chi connectivity index (χ4n) is 1.24. The van der Waals surface area contributed by atoms with E-state index in [1.165, 1.54) is 6.21 Å². The number of aliphatic hydroxyl groups excluding tert-OH is 1. The topological polar surface area (TPSA) is 45.1 Å². The molecule has 4 heteroatoms. The average Bonchev–Trinajstić information content (AvgIpc) is 2.26. The maximum absolute atomic E-state index is 8.77. The normalized spacial score (nSPS) is 10.9. The van der Waals surface area contributed by atoms with Crippen molar-refractivity contribution in [3.05, 3.63) is 0 Å². The Balaban J connectivity index is 3.70. The molecule has 0 aromatic carbocycles. The number of rotatable bonds is 8. The molecule has 0 radical (unpaired) electrons. The Bertz CT molecular complexity index is 241. The Morgan fingerprint density at radius 2 is 2.19 bits per heavy atom. The lowest BCUT2D eigenvalue weighted by atomic mass is 10.3. The summed E-state index contributed by atoms with van der Waals surface area (Å²) in [5.74, 6) is 5.38. The van der Waals surface area contributed by atoms with Gasteiger partial charge in [0.05, 0.1) is 0 Å². The number of oxime groups is 1. The Kier molecular flexibility index (Phi) is 9.78. The van der Waals surface area contributed by atoms with Gasteiger partial charge in [-0.2, -0.15) is 0 Å². The maximum atomic E-state index is 8.77. The van der Waals surface area contributed by atoms with Crippen molar-refractivity contribution in [2.45, 2.75) is 33.2 Å². The minimum absolute atomic E-state index is 0.230. The monoisotopic (exact) mass is 226 g/mol. The molecule has 0 unspecified atom stereocenters. The molecular weight excluding hydrogens is 204 g/mol. The van der Waals surface area contributed by atoms with Crippen LogP contribution in [0.25, 0.3) is 0 Å². The first-order valence-electron chi connectivity index (χ1n) is 5.63. The van der Waals surface area contributed by atoms with Gasteiger partial charge in [-0.05, 0) is 27.2 Å². The van der Waals surface area contributed by atoms with Crippen LogP contribution in [0.15, 0.2) is 5.16 Å². The van der Waals surface area contributed by atoms with Crippen LogP contribution < -0.4 is 0 Å². The predicted octanol–water partition coefficient (Wildman–Crippen LogP) is 1.10. The van der Waals surface area contributed by atoms with Gasteiger partial charge in [0, 0.05) is 25.7 Å². The highest BCUT2D eigenvalue weighted by molar-refractivity contribution is 5.77. The standard InChI is InChI=1S/C12H22N2O2/c1-4-5-7-13-16-11-9-14(12(2)3)8-6-10-15/h7,12,15H,6,8-11H2,1-3H3/b13-7-. The lowest BCUT2D eigenvalue weighted by Gasteiger charge is -2.25. The van der Waals surface area contributed by atoms with Crippen LogP contribution in [0.1, 0.15) is 27.2 Å². The number of aliphatic hydroxyl groups is 1. The van der Waals surface area contributed by atoms with Crippen LogP contribution in [0.2, 0.25) is 0 Å². The van der Waals surface area contributed by atoms with Crippen molar-refractivity contribution in [1.29, 1.82) is 0 Å². The first-order chi connectivity index (χ1) is 7.72. The van der Waals surface area contributed by atoms with E-state index in [1.807, 2.05) is 0 Å². The second-order valence-corrected chi connectivity index (χ2v) is 3.67. The number of nitrogens with zero attached hydrogens (tertiary/aromatic N) is 2. The second-order valence-electron chi connectivity index (χ2n) is 3.67. The van der Waals surface area contributed by atoms with Crippen LogP contribution in [0.5, 0.6) is 0 Å². The molecule has 0 saturated carbocycles. The van der Waals surface area contributed by atoms with E-state index in [0.717, 1.165) is 19.5 Å². The van der Waals surface area contributed by atoms with Crippen LogP contribution >= 0.6 is 0 Å².